The van der Waals surface area contributed by atoms with Crippen LogP contribution in [0, 0.1) is 5.92 Å². The molecule has 0 aliphatic carbocycles. The van der Waals surface area contributed by atoms with Gasteiger partial charge in [-0.15, -0.1) is 0 Å². The van der Waals surface area contributed by atoms with Gasteiger partial charge in [-0.2, -0.15) is 0 Å². The normalized spacial score (nSPS) is 17.9. The number of amides is 2. The molecule has 0 radical (unpaired) electrons. The topological polar surface area (TPSA) is 86.7 Å². The van der Waals surface area contributed by atoms with Crippen LogP contribution < -0.4 is 5.32 Å². The van der Waals surface area contributed by atoms with Crippen LogP contribution in [-0.4, -0.2) is 54.8 Å². The lowest BCUT2D eigenvalue weighted by atomic mass is 10.1. The number of rotatable bonds is 9. The second-order valence-electron chi connectivity index (χ2n) is 8.48. The molecule has 9 heteroatoms. The molecule has 0 bridgehead atoms. The van der Waals surface area contributed by atoms with Crippen LogP contribution in [0.15, 0.2) is 60.7 Å². The Labute approximate surface area is 193 Å². The number of benzene rings is 2. The number of halogens is 2. The minimum absolute atomic E-state index is 0.0546. The molecule has 1 fully saturated rings. The third-order valence-electron chi connectivity index (χ3n) is 5.95. The largest absolute Gasteiger partial charge is 0.480 e. The number of nitrogens with zero attached hydrogens (tertiary/aromatic N) is 1. The monoisotopic (exact) mass is 474 g/mol. The van der Waals surface area contributed by atoms with Crippen molar-refractivity contribution in [3.05, 3.63) is 71.8 Å². The number of aliphatic carboxylic acids is 1. The maximum absolute atomic E-state index is 15.6. The summed E-state index contributed by atoms with van der Waals surface area (Å²) in [5.41, 5.74) is -0.463. The van der Waals surface area contributed by atoms with Crippen LogP contribution in [0.3, 0.4) is 0 Å². The van der Waals surface area contributed by atoms with Gasteiger partial charge in [0, 0.05) is 24.1 Å². The average molecular weight is 475 g/mol. The van der Waals surface area contributed by atoms with E-state index in [2.05, 4.69) is 5.32 Å². The SMILES string of the molecule is C[C@@H](C[Si](F)(F)[C@H](Cc1ccccc1)NC(=O)c1ccccc1)C(=O)N1CCC[C@H]1C(=O)O. The van der Waals surface area contributed by atoms with Gasteiger partial charge in [0.05, 0.1) is 5.67 Å². The molecule has 0 aromatic heterocycles. The smallest absolute Gasteiger partial charge is 0.447 e. The molecule has 0 spiro atoms. The van der Waals surface area contributed by atoms with Crippen LogP contribution in [0.2, 0.25) is 6.04 Å². The van der Waals surface area contributed by atoms with Crippen molar-refractivity contribution in [2.45, 2.75) is 43.9 Å². The zero-order chi connectivity index (χ0) is 24.0. The Morgan fingerprint density at radius 3 is 2.30 bits per heavy atom. The van der Waals surface area contributed by atoms with E-state index in [1.807, 2.05) is 0 Å². The van der Waals surface area contributed by atoms with Crippen molar-refractivity contribution in [3.63, 3.8) is 0 Å². The molecule has 176 valence electrons. The zero-order valence-corrected chi connectivity index (χ0v) is 19.4. The van der Waals surface area contributed by atoms with Gasteiger partial charge >= 0.3 is 14.7 Å². The summed E-state index contributed by atoms with van der Waals surface area (Å²) in [6, 6.07) is 15.3. The summed E-state index contributed by atoms with van der Waals surface area (Å²) in [5.74, 6) is -3.32. The lowest BCUT2D eigenvalue weighted by Gasteiger charge is -2.30. The Morgan fingerprint density at radius 2 is 1.70 bits per heavy atom. The Kier molecular flexibility index (Phi) is 7.96. The minimum Gasteiger partial charge on any atom is -0.480 e. The van der Waals surface area contributed by atoms with Crippen molar-refractivity contribution in [1.82, 2.24) is 10.2 Å². The Balaban J connectivity index is 1.77. The molecule has 0 unspecified atom stereocenters. The number of carbonyl (C=O) groups excluding carboxylic acids is 2. The van der Waals surface area contributed by atoms with Gasteiger partial charge < -0.3 is 15.3 Å². The highest BCUT2D eigenvalue weighted by Gasteiger charge is 2.49. The molecule has 2 amide bonds. The molecule has 6 nitrogen and oxygen atoms in total. The quantitative estimate of drug-likeness (QED) is 0.429. The molecule has 1 aliphatic rings. The van der Waals surface area contributed by atoms with Crippen molar-refractivity contribution in [1.29, 1.82) is 0 Å². The maximum atomic E-state index is 15.6. The zero-order valence-electron chi connectivity index (χ0n) is 18.4. The number of carboxylic acid groups (broad SMARTS) is 1. The molecular weight excluding hydrogens is 446 g/mol. The summed E-state index contributed by atoms with van der Waals surface area (Å²) in [6.45, 7) is 1.67. The van der Waals surface area contributed by atoms with Crippen LogP contribution >= 0.6 is 0 Å². The van der Waals surface area contributed by atoms with Gasteiger partial charge in [0.25, 0.3) is 5.91 Å². The molecule has 2 aromatic carbocycles. The number of likely N-dealkylation sites (tertiary alicyclic amines) is 1. The first-order valence-electron chi connectivity index (χ1n) is 11.0. The number of carbonyl (C=O) groups is 3. The Morgan fingerprint density at radius 1 is 1.09 bits per heavy atom. The highest BCUT2D eigenvalue weighted by Crippen LogP contribution is 2.29. The molecule has 2 aromatic rings. The summed E-state index contributed by atoms with van der Waals surface area (Å²) in [5, 5.41) is 11.8. The van der Waals surface area contributed by atoms with E-state index in [9.17, 15) is 19.5 Å². The fourth-order valence-corrected chi connectivity index (χ4v) is 6.35. The van der Waals surface area contributed by atoms with Crippen molar-refractivity contribution >= 4 is 26.5 Å². The summed E-state index contributed by atoms with van der Waals surface area (Å²) in [6.07, 6.45) is 0.805. The summed E-state index contributed by atoms with van der Waals surface area (Å²) >= 11 is 0. The third kappa shape index (κ3) is 6.25. The standard InChI is InChI=1S/C24H28F2N2O4Si/c1-17(23(30)28-14-8-13-20(28)24(31)32)16-33(25,26)21(15-18-9-4-2-5-10-18)27-22(29)19-11-6-3-7-12-19/h2-7,9-12,17,20-21H,8,13-16H2,1H3,(H,27,29)(H,31,32)/t17-,20-,21+/m0/s1. The van der Waals surface area contributed by atoms with E-state index < -0.39 is 50.2 Å². The highest BCUT2D eigenvalue weighted by molar-refractivity contribution is 6.68. The molecule has 3 atom stereocenters. The lowest BCUT2D eigenvalue weighted by molar-refractivity contribution is -0.149. The van der Waals surface area contributed by atoms with E-state index in [4.69, 9.17) is 0 Å². The van der Waals surface area contributed by atoms with Gasteiger partial charge in [-0.3, -0.25) is 17.8 Å². The molecule has 1 aliphatic heterocycles. The van der Waals surface area contributed by atoms with E-state index in [0.29, 0.717) is 18.4 Å². The summed E-state index contributed by atoms with van der Waals surface area (Å²) < 4.78 is 31.3. The predicted octanol–water partition coefficient (Wildman–Crippen LogP) is 3.66. The molecule has 0 saturated carbocycles. The van der Waals surface area contributed by atoms with Crippen LogP contribution in [0.4, 0.5) is 8.22 Å². The molecule has 2 N–H and O–H groups in total. The van der Waals surface area contributed by atoms with Gasteiger partial charge in [-0.25, -0.2) is 4.79 Å². The Hall–Kier alpha value is -3.07. The molecule has 3 rings (SSSR count). The predicted molar refractivity (Wildman–Crippen MR) is 122 cm³/mol. The Bertz CT molecular complexity index is 975. The number of nitrogens with one attached hydrogen (secondary N) is 1. The van der Waals surface area contributed by atoms with Gasteiger partial charge in [0.1, 0.15) is 6.04 Å². The van der Waals surface area contributed by atoms with Gasteiger partial charge in [0.15, 0.2) is 0 Å². The van der Waals surface area contributed by atoms with E-state index >= 15 is 8.22 Å². The molecule has 1 heterocycles. The van der Waals surface area contributed by atoms with Crippen molar-refractivity contribution in [2.24, 2.45) is 5.92 Å². The number of hydrogen-bond donors (Lipinski definition) is 2. The van der Waals surface area contributed by atoms with Gasteiger partial charge in [-0.05, 0) is 37.0 Å². The van der Waals surface area contributed by atoms with E-state index in [0.717, 1.165) is 0 Å². The molecule has 33 heavy (non-hydrogen) atoms. The minimum atomic E-state index is -5.16. The second-order valence-corrected chi connectivity index (χ2v) is 11.1. The fraction of sp³-hybridized carbons (Fsp3) is 0.375. The van der Waals surface area contributed by atoms with Crippen LogP contribution in [0.1, 0.15) is 35.7 Å². The second kappa shape index (κ2) is 10.7. The van der Waals surface area contributed by atoms with Gasteiger partial charge in [-0.1, -0.05) is 55.5 Å². The van der Waals surface area contributed by atoms with Crippen molar-refractivity contribution in [2.75, 3.05) is 6.54 Å². The third-order valence-corrected chi connectivity index (χ3v) is 8.48. The summed E-state index contributed by atoms with van der Waals surface area (Å²) in [4.78, 5) is 38.1. The van der Waals surface area contributed by atoms with E-state index in [-0.39, 0.29) is 18.5 Å². The fourth-order valence-electron chi connectivity index (χ4n) is 4.19. The first-order chi connectivity index (χ1) is 15.7. The van der Waals surface area contributed by atoms with Crippen molar-refractivity contribution in [3.8, 4) is 0 Å². The van der Waals surface area contributed by atoms with Gasteiger partial charge in [0.2, 0.25) is 5.91 Å². The lowest BCUT2D eigenvalue weighted by Crippen LogP contribution is -2.54. The van der Waals surface area contributed by atoms with E-state index in [1.54, 1.807) is 60.7 Å². The first kappa shape index (κ1) is 24.6. The molecule has 1 saturated heterocycles. The molecular formula is C24H28F2N2O4Si. The number of carboxylic acids is 1. The van der Waals surface area contributed by atoms with Crippen LogP contribution in [0.25, 0.3) is 0 Å². The van der Waals surface area contributed by atoms with E-state index in [1.165, 1.54) is 11.8 Å². The van der Waals surface area contributed by atoms with Crippen LogP contribution in [0.5, 0.6) is 0 Å². The average Bonchev–Trinajstić information content (AvgIpc) is 3.29. The number of hydrogen-bond acceptors (Lipinski definition) is 3. The van der Waals surface area contributed by atoms with Crippen molar-refractivity contribution < 1.29 is 27.7 Å². The maximum Gasteiger partial charge on any atom is 0.447 e. The highest BCUT2D eigenvalue weighted by atomic mass is 28.4. The first-order valence-corrected chi connectivity index (χ1v) is 13.0. The summed E-state index contributed by atoms with van der Waals surface area (Å²) in [7, 11) is -5.16. The van der Waals surface area contributed by atoms with Crippen LogP contribution in [-0.2, 0) is 16.0 Å².